The van der Waals surface area contributed by atoms with Gasteiger partial charge in [0.25, 0.3) is 0 Å². The molecule has 0 spiro atoms. The molecule has 94 heavy (non-hydrogen) atoms. The van der Waals surface area contributed by atoms with Crippen molar-refractivity contribution in [1.29, 1.82) is 0 Å². The number of para-hydroxylation sites is 6. The molecule has 3 aromatic heterocycles. The average molecular weight is 1230 g/mol. The van der Waals surface area contributed by atoms with E-state index in [1.165, 1.54) is 9.13 Å². The normalized spacial score (nSPS) is 17.4. The zero-order chi connectivity index (χ0) is 85.0. The van der Waals surface area contributed by atoms with Crippen LogP contribution in [0.15, 0.2) is 319 Å². The predicted molar refractivity (Wildman–Crippen MR) is 393 cm³/mol. The molecule has 1 unspecified atom stereocenters. The van der Waals surface area contributed by atoms with E-state index >= 15 is 0 Å². The molecule has 444 valence electrons. The summed E-state index contributed by atoms with van der Waals surface area (Å²) >= 11 is 0. The number of anilines is 6. The van der Waals surface area contributed by atoms with E-state index in [1.54, 1.807) is 78.9 Å². The Morgan fingerprint density at radius 2 is 0.755 bits per heavy atom. The van der Waals surface area contributed by atoms with Crippen LogP contribution in [-0.2, 0) is 5.41 Å². The first kappa shape index (κ1) is 33.9. The van der Waals surface area contributed by atoms with Crippen molar-refractivity contribution in [2.24, 2.45) is 0 Å². The lowest BCUT2D eigenvalue weighted by atomic mass is 9.74. The standard InChI is InChI=1S/C89H62N4O/c1-89(2,3)62-52-72(58-30-12-6-13-31-58)86(73(53-62)59-32-14-7-15-33-59)93-81-51-61(57-28-10-5-11-29-57)47-49-71(81)84-70-48-46-60(56-26-8-4-9-27-56)50-80(70)92(82-54-63(55-83(93)85(82)84)90-74-40-20-16-34-64(74)65-35-17-21-41-75(65)90)79-45-25-39-69-68-38-24-44-78(87(68)94-88(69)79)91-76-42-22-18-36-66(76)67-37-19-23-43-77(67)91/h4-55,84H,1-3H3/i4D,5D,8D,9D,10D,11D,16D,17D,18D,19D,20D,21D,22D,23D,26D,27D,28D,29D,34D,35D,36D,37D,40D,41D,42D,43D. The molecule has 0 N–H and O–H groups in total. The van der Waals surface area contributed by atoms with Crippen LogP contribution in [0.2, 0.25) is 0 Å². The van der Waals surface area contributed by atoms with E-state index in [2.05, 4.69) is 32.9 Å². The van der Waals surface area contributed by atoms with Crippen molar-refractivity contribution in [2.75, 3.05) is 9.80 Å². The van der Waals surface area contributed by atoms with Crippen molar-refractivity contribution in [3.05, 3.63) is 337 Å². The number of nitrogens with zero attached hydrogens (tertiary/aromatic N) is 4. The maximum Gasteiger partial charge on any atom is 0.159 e. The maximum atomic E-state index is 10.1. The first-order chi connectivity index (χ1) is 57.1. The Labute approximate surface area is 582 Å². The van der Waals surface area contributed by atoms with Crippen molar-refractivity contribution in [2.45, 2.75) is 32.1 Å². The van der Waals surface area contributed by atoms with E-state index in [4.69, 9.17) is 18.1 Å². The van der Waals surface area contributed by atoms with Gasteiger partial charge in [-0.3, -0.25) is 0 Å². The SMILES string of the molecule is [2H]c1c([2H])c([2H])c(-c2ccc3c(c2)N(c2c(-c4ccccc4)cc(C(C)(C)C)cc2-c2ccccc2)c2cc(-n4c5c([2H])c([2H])c([2H])c([2H])c5c5c([2H])c([2H])c([2H])c([2H])c54)cc4c2C3c2ccc(-c3c([2H])c([2H])c([2H])c([2H])c3[2H])cc2N4c2cccc3c2oc2c(-n4c5c([2H])c([2H])c([2H])c([2H])c5c5c([2H])c([2H])c([2H])c([2H])c54)cccc23)c([2H])c1[2H]. The summed E-state index contributed by atoms with van der Waals surface area (Å²) in [5.41, 5.74) is 5.55. The molecule has 0 saturated carbocycles. The van der Waals surface area contributed by atoms with Crippen molar-refractivity contribution < 1.29 is 40.1 Å². The molecule has 14 aromatic carbocycles. The Morgan fingerprint density at radius 3 is 1.24 bits per heavy atom. The van der Waals surface area contributed by atoms with Gasteiger partial charge in [-0.2, -0.15) is 0 Å². The molecule has 0 saturated heterocycles. The molecule has 1 atom stereocenters. The largest absolute Gasteiger partial charge is 0.452 e. The Hall–Kier alpha value is -11.9. The van der Waals surface area contributed by atoms with Gasteiger partial charge in [0.2, 0.25) is 0 Å². The van der Waals surface area contributed by atoms with Gasteiger partial charge >= 0.3 is 0 Å². The third kappa shape index (κ3) is 8.14. The van der Waals surface area contributed by atoms with Gasteiger partial charge in [-0.15, -0.1) is 0 Å². The molecule has 5 nitrogen and oxygen atoms in total. The summed E-state index contributed by atoms with van der Waals surface area (Å²) in [7, 11) is 0. The van der Waals surface area contributed by atoms with Crippen LogP contribution in [0.1, 0.15) is 84.6 Å². The van der Waals surface area contributed by atoms with Crippen LogP contribution in [0.5, 0.6) is 0 Å². The number of furan rings is 1. The molecule has 5 heterocycles. The second kappa shape index (κ2) is 20.8. The molecule has 5 heteroatoms. The van der Waals surface area contributed by atoms with Gasteiger partial charge in [0.15, 0.2) is 11.2 Å². The predicted octanol–water partition coefficient (Wildman–Crippen LogP) is 24.5. The molecule has 0 amide bonds. The molecule has 17 aromatic rings. The lowest BCUT2D eigenvalue weighted by Crippen LogP contribution is -2.30. The second-order valence-corrected chi connectivity index (χ2v) is 24.4. The number of fused-ring (bicyclic) bond motifs is 13. The topological polar surface area (TPSA) is 29.5 Å². The van der Waals surface area contributed by atoms with Crippen LogP contribution in [0.25, 0.3) is 121 Å². The van der Waals surface area contributed by atoms with Crippen LogP contribution < -0.4 is 9.80 Å². The van der Waals surface area contributed by atoms with Gasteiger partial charge in [0, 0.05) is 54.9 Å². The van der Waals surface area contributed by atoms with Gasteiger partial charge in [-0.05, 0) is 128 Å². The monoisotopic (exact) mass is 1230 g/mol. The fourth-order valence-corrected chi connectivity index (χ4v) is 14.2. The average Bonchev–Trinajstić information content (AvgIpc) is 1.37. The van der Waals surface area contributed by atoms with E-state index in [0.717, 1.165) is 5.56 Å². The lowest BCUT2D eigenvalue weighted by molar-refractivity contribution is 0.591. The van der Waals surface area contributed by atoms with Gasteiger partial charge in [0.05, 0.1) is 103 Å². The minimum atomic E-state index is -1.04. The number of rotatable bonds is 8. The summed E-state index contributed by atoms with van der Waals surface area (Å²) in [6.45, 7) is 6.26. The highest BCUT2D eigenvalue weighted by molar-refractivity contribution is 6.16. The minimum Gasteiger partial charge on any atom is -0.452 e. The highest BCUT2D eigenvalue weighted by Gasteiger charge is 2.44. The first-order valence-corrected chi connectivity index (χ1v) is 30.6. The third-order valence-corrected chi connectivity index (χ3v) is 18.3. The minimum absolute atomic E-state index is 0.0106. The summed E-state index contributed by atoms with van der Waals surface area (Å²) in [6.07, 6.45) is 0. The van der Waals surface area contributed by atoms with Gasteiger partial charge in [-0.25, -0.2) is 0 Å². The molecular formula is C89H62N4O. The molecular weight excluding hydrogens is 1140 g/mol. The molecule has 0 fully saturated rings. The van der Waals surface area contributed by atoms with Crippen LogP contribution in [-0.4, -0.2) is 9.13 Å². The Bertz CT molecular complexity index is 7290. The van der Waals surface area contributed by atoms with Crippen molar-refractivity contribution in [3.8, 4) is 55.9 Å². The Balaban J connectivity index is 1.04. The van der Waals surface area contributed by atoms with Crippen molar-refractivity contribution in [1.82, 2.24) is 9.13 Å². The number of hydrogen-bond acceptors (Lipinski definition) is 3. The summed E-state index contributed by atoms with van der Waals surface area (Å²) in [6, 6.07) is 31.3. The molecule has 2 aliphatic heterocycles. The number of aromatic nitrogens is 2. The molecule has 0 bridgehead atoms. The van der Waals surface area contributed by atoms with E-state index < -0.39 is 168 Å². The smallest absolute Gasteiger partial charge is 0.159 e. The lowest BCUT2D eigenvalue weighted by Gasteiger charge is -2.46. The highest BCUT2D eigenvalue weighted by atomic mass is 16.3. The Morgan fingerprint density at radius 1 is 0.330 bits per heavy atom. The van der Waals surface area contributed by atoms with Crippen LogP contribution in [0, 0.1) is 0 Å². The first-order valence-electron chi connectivity index (χ1n) is 43.6. The molecule has 2 aliphatic rings. The summed E-state index contributed by atoms with van der Waals surface area (Å²) < 4.78 is 253. The van der Waals surface area contributed by atoms with Crippen molar-refractivity contribution in [3.63, 3.8) is 0 Å². The van der Waals surface area contributed by atoms with Gasteiger partial charge < -0.3 is 23.4 Å². The fraction of sp³-hybridized carbons (Fsp3) is 0.0562. The van der Waals surface area contributed by atoms with E-state index in [0.29, 0.717) is 61.1 Å². The summed E-state index contributed by atoms with van der Waals surface area (Å²) in [5, 5.41) is -0.119. The molecule has 0 radical (unpaired) electrons. The molecule has 19 rings (SSSR count). The van der Waals surface area contributed by atoms with E-state index in [-0.39, 0.29) is 111 Å². The zero-order valence-electron chi connectivity index (χ0n) is 76.3. The van der Waals surface area contributed by atoms with Crippen LogP contribution in [0.3, 0.4) is 0 Å². The van der Waals surface area contributed by atoms with Crippen molar-refractivity contribution >= 4 is 99.7 Å². The summed E-state index contributed by atoms with van der Waals surface area (Å²) in [4.78, 5) is 3.84. The van der Waals surface area contributed by atoms with Gasteiger partial charge in [-0.1, -0.05) is 263 Å². The fourth-order valence-electron chi connectivity index (χ4n) is 14.2. The van der Waals surface area contributed by atoms with E-state index in [9.17, 15) is 21.9 Å². The summed E-state index contributed by atoms with van der Waals surface area (Å²) in [5.74, 6) is -1.04. The maximum absolute atomic E-state index is 10.1. The van der Waals surface area contributed by atoms with Gasteiger partial charge in [0.1, 0.15) is 0 Å². The Kier molecular flexibility index (Phi) is 7.51. The second-order valence-electron chi connectivity index (χ2n) is 24.4. The highest BCUT2D eigenvalue weighted by Crippen LogP contribution is 2.64. The zero-order valence-corrected chi connectivity index (χ0v) is 50.3. The van der Waals surface area contributed by atoms with E-state index in [1.807, 2.05) is 76.5 Å². The number of benzene rings is 14. The molecule has 0 aliphatic carbocycles. The quantitative estimate of drug-likeness (QED) is 0.152. The third-order valence-electron chi connectivity index (χ3n) is 18.3. The number of hydrogen-bond donors (Lipinski definition) is 0. The van der Waals surface area contributed by atoms with Crippen LogP contribution >= 0.6 is 0 Å². The van der Waals surface area contributed by atoms with Crippen LogP contribution in [0.4, 0.5) is 34.1 Å².